The maximum atomic E-state index is 11.7. The molecule has 0 saturated heterocycles. The number of aliphatic hydroxyl groups is 1. The van der Waals surface area contributed by atoms with Gasteiger partial charge in [-0.25, -0.2) is 0 Å². The summed E-state index contributed by atoms with van der Waals surface area (Å²) >= 11 is 0. The second kappa shape index (κ2) is 6.54. The molecule has 0 spiro atoms. The maximum Gasteiger partial charge on any atom is 0.227 e. The molecule has 5 nitrogen and oxygen atoms in total. The van der Waals surface area contributed by atoms with E-state index in [0.29, 0.717) is 11.6 Å². The number of nitrogens with one attached hydrogen (secondary N) is 1. The van der Waals surface area contributed by atoms with E-state index < -0.39 is 6.10 Å². The molecule has 1 aromatic rings. The van der Waals surface area contributed by atoms with E-state index in [-0.39, 0.29) is 18.2 Å². The SMILES string of the molecule is CC(C)Cn1cc(NC(=O)CC(O)C(C)C)cn1. The normalized spacial score (nSPS) is 13.1. The molecule has 2 N–H and O–H groups in total. The zero-order valence-electron chi connectivity index (χ0n) is 11.6. The van der Waals surface area contributed by atoms with Crippen LogP contribution in [0.5, 0.6) is 0 Å². The fraction of sp³-hybridized carbons (Fsp3) is 0.692. The minimum Gasteiger partial charge on any atom is -0.392 e. The predicted molar refractivity (Wildman–Crippen MR) is 71.2 cm³/mol. The Balaban J connectivity index is 2.47. The summed E-state index contributed by atoms with van der Waals surface area (Å²) in [6.45, 7) is 8.82. The number of hydrogen-bond acceptors (Lipinski definition) is 3. The number of hydrogen-bond donors (Lipinski definition) is 2. The molecule has 0 aliphatic heterocycles. The molecule has 1 heterocycles. The first-order valence-corrected chi connectivity index (χ1v) is 6.39. The van der Waals surface area contributed by atoms with Crippen molar-refractivity contribution in [2.45, 2.75) is 46.8 Å². The van der Waals surface area contributed by atoms with Crippen LogP contribution in [-0.4, -0.2) is 26.9 Å². The van der Waals surface area contributed by atoms with E-state index in [0.717, 1.165) is 6.54 Å². The van der Waals surface area contributed by atoms with Gasteiger partial charge >= 0.3 is 0 Å². The average Bonchev–Trinajstić information content (AvgIpc) is 2.63. The van der Waals surface area contributed by atoms with Crippen molar-refractivity contribution >= 4 is 11.6 Å². The molecule has 1 atom stereocenters. The van der Waals surface area contributed by atoms with Gasteiger partial charge in [-0.3, -0.25) is 9.48 Å². The Bertz CT molecular complexity index is 385. The fourth-order valence-corrected chi connectivity index (χ4v) is 1.54. The van der Waals surface area contributed by atoms with E-state index in [1.54, 1.807) is 17.1 Å². The lowest BCUT2D eigenvalue weighted by Crippen LogP contribution is -2.23. The number of carbonyl (C=O) groups is 1. The molecule has 0 aliphatic rings. The van der Waals surface area contributed by atoms with Gasteiger partial charge < -0.3 is 10.4 Å². The number of nitrogens with zero attached hydrogens (tertiary/aromatic N) is 2. The first-order valence-electron chi connectivity index (χ1n) is 6.39. The number of rotatable bonds is 6. The Labute approximate surface area is 108 Å². The van der Waals surface area contributed by atoms with Gasteiger partial charge in [0.05, 0.1) is 24.4 Å². The molecule has 0 aliphatic carbocycles. The van der Waals surface area contributed by atoms with Crippen LogP contribution in [0.25, 0.3) is 0 Å². The van der Waals surface area contributed by atoms with Gasteiger partial charge in [0.1, 0.15) is 0 Å². The van der Waals surface area contributed by atoms with Crippen LogP contribution in [0.4, 0.5) is 5.69 Å². The van der Waals surface area contributed by atoms with E-state index in [4.69, 9.17) is 0 Å². The lowest BCUT2D eigenvalue weighted by Gasteiger charge is -2.13. The molecule has 102 valence electrons. The number of aliphatic hydroxyl groups excluding tert-OH is 1. The second-order valence-electron chi connectivity index (χ2n) is 5.41. The van der Waals surface area contributed by atoms with Crippen molar-refractivity contribution in [2.75, 3.05) is 5.32 Å². The molecule has 0 aromatic carbocycles. The van der Waals surface area contributed by atoms with Crippen LogP contribution in [0.2, 0.25) is 0 Å². The van der Waals surface area contributed by atoms with E-state index in [2.05, 4.69) is 24.3 Å². The molecular formula is C13H23N3O2. The molecule has 1 rings (SSSR count). The van der Waals surface area contributed by atoms with E-state index in [9.17, 15) is 9.90 Å². The van der Waals surface area contributed by atoms with Gasteiger partial charge in [-0.05, 0) is 11.8 Å². The van der Waals surface area contributed by atoms with Crippen LogP contribution in [0.1, 0.15) is 34.1 Å². The van der Waals surface area contributed by atoms with Crippen LogP contribution in [0.15, 0.2) is 12.4 Å². The minimum atomic E-state index is -0.601. The number of aromatic nitrogens is 2. The number of carbonyl (C=O) groups excluding carboxylic acids is 1. The largest absolute Gasteiger partial charge is 0.392 e. The van der Waals surface area contributed by atoms with Crippen LogP contribution in [-0.2, 0) is 11.3 Å². The summed E-state index contributed by atoms with van der Waals surface area (Å²) in [5, 5.41) is 16.5. The molecule has 1 amide bonds. The minimum absolute atomic E-state index is 0.0828. The Kier molecular flexibility index (Phi) is 5.34. The summed E-state index contributed by atoms with van der Waals surface area (Å²) in [4.78, 5) is 11.7. The van der Waals surface area contributed by atoms with Gasteiger partial charge in [-0.1, -0.05) is 27.7 Å². The first kappa shape index (κ1) is 14.7. The van der Waals surface area contributed by atoms with Crippen molar-refractivity contribution < 1.29 is 9.90 Å². The van der Waals surface area contributed by atoms with Crippen molar-refractivity contribution in [3.05, 3.63) is 12.4 Å². The highest BCUT2D eigenvalue weighted by Gasteiger charge is 2.14. The average molecular weight is 253 g/mol. The molecule has 5 heteroatoms. The van der Waals surface area contributed by atoms with E-state index in [1.165, 1.54) is 0 Å². The quantitative estimate of drug-likeness (QED) is 0.813. The van der Waals surface area contributed by atoms with Crippen molar-refractivity contribution in [3.8, 4) is 0 Å². The molecule has 0 radical (unpaired) electrons. The van der Waals surface area contributed by atoms with Gasteiger partial charge in [0, 0.05) is 12.7 Å². The molecule has 18 heavy (non-hydrogen) atoms. The van der Waals surface area contributed by atoms with Crippen LogP contribution >= 0.6 is 0 Å². The smallest absolute Gasteiger partial charge is 0.227 e. The summed E-state index contributed by atoms with van der Waals surface area (Å²) < 4.78 is 1.80. The van der Waals surface area contributed by atoms with Gasteiger partial charge in [-0.2, -0.15) is 5.10 Å². The lowest BCUT2D eigenvalue weighted by atomic mass is 10.0. The Morgan fingerprint density at radius 3 is 2.67 bits per heavy atom. The van der Waals surface area contributed by atoms with Gasteiger partial charge in [0.2, 0.25) is 5.91 Å². The summed E-state index contributed by atoms with van der Waals surface area (Å²) in [6, 6.07) is 0. The van der Waals surface area contributed by atoms with Gasteiger partial charge in [0.25, 0.3) is 0 Å². The molecule has 0 fully saturated rings. The third-order valence-electron chi connectivity index (χ3n) is 2.63. The molecule has 0 bridgehead atoms. The van der Waals surface area contributed by atoms with E-state index in [1.807, 2.05) is 13.8 Å². The highest BCUT2D eigenvalue weighted by molar-refractivity contribution is 5.90. The number of amides is 1. The Hall–Kier alpha value is -1.36. The molecule has 0 saturated carbocycles. The summed E-state index contributed by atoms with van der Waals surface area (Å²) in [6.07, 6.45) is 2.95. The highest BCUT2D eigenvalue weighted by atomic mass is 16.3. The first-order chi connectivity index (χ1) is 8.38. The van der Waals surface area contributed by atoms with Crippen LogP contribution in [0.3, 0.4) is 0 Å². The summed E-state index contributed by atoms with van der Waals surface area (Å²) in [7, 11) is 0. The zero-order valence-corrected chi connectivity index (χ0v) is 11.6. The molecular weight excluding hydrogens is 230 g/mol. The topological polar surface area (TPSA) is 67.2 Å². The van der Waals surface area contributed by atoms with Gasteiger partial charge in [0.15, 0.2) is 0 Å². The Morgan fingerprint density at radius 1 is 1.44 bits per heavy atom. The monoisotopic (exact) mass is 253 g/mol. The second-order valence-corrected chi connectivity index (χ2v) is 5.41. The molecule has 1 aromatic heterocycles. The van der Waals surface area contributed by atoms with Crippen molar-refractivity contribution in [1.29, 1.82) is 0 Å². The van der Waals surface area contributed by atoms with E-state index >= 15 is 0 Å². The van der Waals surface area contributed by atoms with Crippen molar-refractivity contribution in [2.24, 2.45) is 11.8 Å². The summed E-state index contributed by atoms with van der Waals surface area (Å²) in [5.74, 6) is 0.413. The zero-order chi connectivity index (χ0) is 13.7. The summed E-state index contributed by atoms with van der Waals surface area (Å²) in [5.41, 5.74) is 0.677. The van der Waals surface area contributed by atoms with Crippen LogP contribution in [0, 0.1) is 11.8 Å². The van der Waals surface area contributed by atoms with Gasteiger partial charge in [-0.15, -0.1) is 0 Å². The highest BCUT2D eigenvalue weighted by Crippen LogP contribution is 2.10. The maximum absolute atomic E-state index is 11.7. The molecule has 1 unspecified atom stereocenters. The number of anilines is 1. The Morgan fingerprint density at radius 2 is 2.11 bits per heavy atom. The third kappa shape index (κ3) is 4.87. The van der Waals surface area contributed by atoms with Crippen molar-refractivity contribution in [3.63, 3.8) is 0 Å². The fourth-order valence-electron chi connectivity index (χ4n) is 1.54. The third-order valence-corrected chi connectivity index (χ3v) is 2.63. The van der Waals surface area contributed by atoms with Crippen LogP contribution < -0.4 is 5.32 Å². The standard InChI is InChI=1S/C13H23N3O2/c1-9(2)7-16-8-11(6-14-16)15-13(18)5-12(17)10(3)4/h6,8-10,12,17H,5,7H2,1-4H3,(H,15,18). The lowest BCUT2D eigenvalue weighted by molar-refractivity contribution is -0.118. The predicted octanol–water partition coefficient (Wildman–Crippen LogP) is 1.88. The van der Waals surface area contributed by atoms with Crippen molar-refractivity contribution in [1.82, 2.24) is 9.78 Å².